The number of nitrogens with one attached hydrogen (secondary N) is 2. The molecule has 1 aromatic heterocycles. The van der Waals surface area contributed by atoms with E-state index in [4.69, 9.17) is 16.2 Å². The third kappa shape index (κ3) is 5.11. The Morgan fingerprint density at radius 1 is 1.24 bits per heavy atom. The van der Waals surface area contributed by atoms with Crippen LogP contribution in [0.2, 0.25) is 0 Å². The Hall–Kier alpha value is -3.84. The second-order valence-corrected chi connectivity index (χ2v) is 10.7. The van der Waals surface area contributed by atoms with Gasteiger partial charge >= 0.3 is 0 Å². The summed E-state index contributed by atoms with van der Waals surface area (Å²) in [6.07, 6.45) is 11.6. The molecule has 0 amide bonds. The summed E-state index contributed by atoms with van der Waals surface area (Å²) < 4.78 is 2.22. The lowest BCUT2D eigenvalue weighted by molar-refractivity contribution is -0.0727. The molecular weight excluding hydrogens is 470 g/mol. The van der Waals surface area contributed by atoms with Gasteiger partial charge in [-0.3, -0.25) is 4.68 Å². The Bertz CT molecular complexity index is 1310. The number of rotatable bonds is 6. The van der Waals surface area contributed by atoms with Gasteiger partial charge in [-0.2, -0.15) is 5.10 Å². The minimum absolute atomic E-state index is 0.370. The Labute approximate surface area is 227 Å². The first-order valence-electron chi connectivity index (χ1n) is 13.2. The van der Waals surface area contributed by atoms with Crippen LogP contribution in [-0.2, 0) is 0 Å². The predicted molar refractivity (Wildman–Crippen MR) is 160 cm³/mol. The summed E-state index contributed by atoms with van der Waals surface area (Å²) in [6.45, 7) is 21.1. The average Bonchev–Trinajstić information content (AvgIpc) is 3.35. The number of benzene rings is 1. The summed E-state index contributed by atoms with van der Waals surface area (Å²) in [4.78, 5) is 2.31. The van der Waals surface area contributed by atoms with E-state index in [2.05, 4.69) is 47.7 Å². The summed E-state index contributed by atoms with van der Waals surface area (Å²) >= 11 is 0. The van der Waals surface area contributed by atoms with Crippen LogP contribution >= 0.6 is 0 Å². The molecular formula is C31H41N7. The van der Waals surface area contributed by atoms with Crippen LogP contribution < -0.4 is 11.2 Å². The largest absolute Gasteiger partial charge is 0.398 e. The fraction of sp³-hybridized carbons (Fsp3) is 0.355. The van der Waals surface area contributed by atoms with Crippen LogP contribution in [0.25, 0.3) is 17.3 Å². The van der Waals surface area contributed by atoms with Gasteiger partial charge in [0, 0.05) is 77.8 Å². The zero-order chi connectivity index (χ0) is 27.6. The second kappa shape index (κ2) is 10.9. The van der Waals surface area contributed by atoms with E-state index >= 15 is 0 Å². The molecule has 1 aromatic carbocycles. The molecule has 3 heterocycles. The van der Waals surface area contributed by atoms with Gasteiger partial charge in [0.15, 0.2) is 0 Å². The number of nitrogens with two attached hydrogens (primary N) is 1. The highest BCUT2D eigenvalue weighted by Gasteiger charge is 2.53. The maximum Gasteiger partial charge on any atom is 0.0998 e. The van der Waals surface area contributed by atoms with Crippen molar-refractivity contribution in [1.82, 2.24) is 25.1 Å². The fourth-order valence-electron chi connectivity index (χ4n) is 5.59. The predicted octanol–water partition coefficient (Wildman–Crippen LogP) is 5.70. The van der Waals surface area contributed by atoms with E-state index in [9.17, 15) is 0 Å². The lowest BCUT2D eigenvalue weighted by atomic mass is 9.60. The summed E-state index contributed by atoms with van der Waals surface area (Å²) in [5.41, 5.74) is 18.2. The molecule has 3 fully saturated rings. The Kier molecular flexibility index (Phi) is 7.78. The highest BCUT2D eigenvalue weighted by molar-refractivity contribution is 5.88. The van der Waals surface area contributed by atoms with Crippen molar-refractivity contribution in [1.29, 1.82) is 5.41 Å². The van der Waals surface area contributed by atoms with Gasteiger partial charge in [0.05, 0.1) is 11.7 Å². The number of anilines is 1. The molecule has 0 atom stereocenters. The number of likely N-dealkylation sites (tertiary alicyclic amines) is 1. The van der Waals surface area contributed by atoms with Crippen molar-refractivity contribution < 1.29 is 0 Å². The smallest absolute Gasteiger partial charge is 0.0998 e. The molecule has 3 aliphatic rings. The first-order chi connectivity index (χ1) is 18.1. The molecule has 0 radical (unpaired) electrons. The molecule has 38 heavy (non-hydrogen) atoms. The number of hydrazine groups is 1. The van der Waals surface area contributed by atoms with Crippen LogP contribution in [0.5, 0.6) is 0 Å². The molecule has 1 spiro atoms. The van der Waals surface area contributed by atoms with Gasteiger partial charge < -0.3 is 21.5 Å². The Balaban J connectivity index is 0.000000786. The highest BCUT2D eigenvalue weighted by Crippen LogP contribution is 2.55. The van der Waals surface area contributed by atoms with Crippen molar-refractivity contribution in [3.8, 4) is 11.3 Å². The van der Waals surface area contributed by atoms with Crippen molar-refractivity contribution in [2.45, 2.75) is 39.7 Å². The molecule has 5 rings (SSSR count). The third-order valence-corrected chi connectivity index (χ3v) is 7.86. The number of hydrogen-bond donors (Lipinski definition) is 3. The van der Waals surface area contributed by atoms with E-state index in [-0.39, 0.29) is 0 Å². The van der Waals surface area contributed by atoms with Crippen molar-refractivity contribution in [3.63, 3.8) is 0 Å². The van der Waals surface area contributed by atoms with Crippen LogP contribution in [0, 0.1) is 17.7 Å². The molecule has 2 aromatic rings. The van der Waals surface area contributed by atoms with Crippen molar-refractivity contribution in [2.75, 3.05) is 32.4 Å². The zero-order valence-electron chi connectivity index (χ0n) is 23.2. The van der Waals surface area contributed by atoms with E-state index in [1.807, 2.05) is 62.3 Å². The summed E-state index contributed by atoms with van der Waals surface area (Å²) in [5, 5.41) is 14.9. The van der Waals surface area contributed by atoms with Crippen LogP contribution in [0.15, 0.2) is 73.1 Å². The first kappa shape index (κ1) is 27.2. The third-order valence-electron chi connectivity index (χ3n) is 7.86. The molecule has 200 valence electrons. The monoisotopic (exact) mass is 511 g/mol. The molecule has 2 saturated heterocycles. The summed E-state index contributed by atoms with van der Waals surface area (Å²) in [6, 6.07) is 6.20. The van der Waals surface area contributed by atoms with Crippen molar-refractivity contribution in [3.05, 3.63) is 90.0 Å². The quantitative estimate of drug-likeness (QED) is 0.200. The number of nitrogens with zero attached hydrogens (tertiary/aromatic N) is 4. The van der Waals surface area contributed by atoms with Gasteiger partial charge in [-0.25, -0.2) is 5.01 Å². The van der Waals surface area contributed by atoms with Gasteiger partial charge in [0.25, 0.3) is 0 Å². The topological polar surface area (TPSA) is 86.2 Å². The summed E-state index contributed by atoms with van der Waals surface area (Å²) in [5.74, 6) is 0. The van der Waals surface area contributed by atoms with Gasteiger partial charge in [0.1, 0.15) is 0 Å². The number of aromatic nitrogens is 2. The Morgan fingerprint density at radius 2 is 1.92 bits per heavy atom. The summed E-state index contributed by atoms with van der Waals surface area (Å²) in [7, 11) is 2.01. The minimum Gasteiger partial charge on any atom is -0.398 e. The molecule has 1 saturated carbocycles. The minimum atomic E-state index is 0.370. The van der Waals surface area contributed by atoms with E-state index in [1.165, 1.54) is 6.21 Å². The Morgan fingerprint density at radius 3 is 2.47 bits per heavy atom. The molecule has 1 aliphatic carbocycles. The van der Waals surface area contributed by atoms with Gasteiger partial charge in [-0.15, -0.1) is 0 Å². The van der Waals surface area contributed by atoms with Crippen LogP contribution in [0.3, 0.4) is 0 Å². The number of likely N-dealkylation sites (N-methyl/N-ethyl adjacent to an activating group) is 1. The first-order valence-corrected chi connectivity index (χ1v) is 13.2. The normalized spacial score (nSPS) is 19.6. The van der Waals surface area contributed by atoms with E-state index in [1.54, 1.807) is 0 Å². The molecule has 0 unspecified atom stereocenters. The maximum atomic E-state index is 7.73. The second-order valence-electron chi connectivity index (χ2n) is 10.7. The highest BCUT2D eigenvalue weighted by atomic mass is 15.5. The fourth-order valence-corrected chi connectivity index (χ4v) is 5.59. The van der Waals surface area contributed by atoms with E-state index in [0.29, 0.717) is 22.7 Å². The number of nitrogen functional groups attached to an aromatic ring is 1. The van der Waals surface area contributed by atoms with Crippen molar-refractivity contribution >= 4 is 18.0 Å². The molecule has 4 N–H and O–H groups in total. The van der Waals surface area contributed by atoms with Gasteiger partial charge in [-0.1, -0.05) is 38.0 Å². The number of hydrogen-bond acceptors (Lipinski definition) is 6. The zero-order valence-corrected chi connectivity index (χ0v) is 23.2. The maximum absolute atomic E-state index is 7.73. The lowest BCUT2D eigenvalue weighted by Gasteiger charge is -2.60. The van der Waals surface area contributed by atoms with Crippen LogP contribution in [-0.4, -0.2) is 52.6 Å². The van der Waals surface area contributed by atoms with E-state index in [0.717, 1.165) is 72.0 Å². The standard InChI is InChI=1S/C27H33N7.C4H8/c1-6-17(2)33-15-27(16-33)11-23(12-27)34-19(4)24(10-22-14-32(5)30-18(22)3)26(31-34)20-7-8-25(29)21(9-20)13-28;1-3-4-2/h6-10,13,23,28,30H,1-3,11-12,14-16,29H2,4-5H3;3-4H,1-2H3/b22-10+,28-13?;4-3-. The SMILES string of the molecule is C/C=C\C.C=CC(=C)N1CC2(CC(n3nc(-c4ccc(N)c(C=N)c4)c(/C=C4\CN(C)NC4=C)c3C)C2)C1. The lowest BCUT2D eigenvalue weighted by Crippen LogP contribution is -2.61. The van der Waals surface area contributed by atoms with Gasteiger partial charge in [0.2, 0.25) is 0 Å². The van der Waals surface area contributed by atoms with E-state index < -0.39 is 0 Å². The van der Waals surface area contributed by atoms with Crippen molar-refractivity contribution in [2.24, 2.45) is 5.41 Å². The van der Waals surface area contributed by atoms with Crippen LogP contribution in [0.4, 0.5) is 5.69 Å². The molecule has 2 aliphatic heterocycles. The molecule has 7 heteroatoms. The molecule has 0 bridgehead atoms. The number of allylic oxidation sites excluding steroid dienone is 3. The van der Waals surface area contributed by atoms with Gasteiger partial charge in [-0.05, 0) is 63.5 Å². The average molecular weight is 512 g/mol. The van der Waals surface area contributed by atoms with Crippen LogP contribution in [0.1, 0.15) is 49.6 Å². The molecule has 7 nitrogen and oxygen atoms in total.